The molecule has 4 rings (SSSR count). The molecule has 3 aromatic rings. The van der Waals surface area contributed by atoms with E-state index in [4.69, 9.17) is 16.3 Å². The number of sulfonamides is 1. The molecule has 1 atom stereocenters. The Bertz CT molecular complexity index is 1410. The van der Waals surface area contributed by atoms with E-state index in [9.17, 15) is 18.0 Å². The number of rotatable bonds is 5. The first kappa shape index (κ1) is 24.5. The van der Waals surface area contributed by atoms with Crippen molar-refractivity contribution in [1.29, 1.82) is 0 Å². The van der Waals surface area contributed by atoms with E-state index in [1.807, 2.05) is 0 Å². The largest absolute Gasteiger partial charge is 0.408 e. The Morgan fingerprint density at radius 3 is 2.29 bits per heavy atom. The molecule has 0 radical (unpaired) electrons. The van der Waals surface area contributed by atoms with Gasteiger partial charge in [0.05, 0.1) is 11.4 Å². The van der Waals surface area contributed by atoms with Crippen molar-refractivity contribution in [3.63, 3.8) is 0 Å². The number of carbonyl (C=O) groups is 2. The van der Waals surface area contributed by atoms with Gasteiger partial charge in [0.1, 0.15) is 17.9 Å². The number of halogens is 1. The summed E-state index contributed by atoms with van der Waals surface area (Å²) in [6, 6.07) is 19.9. The lowest BCUT2D eigenvalue weighted by Gasteiger charge is -2.28. The number of fused-ring (bicyclic) bond motifs is 1. The van der Waals surface area contributed by atoms with Gasteiger partial charge in [-0.05, 0) is 59.6 Å². The Morgan fingerprint density at radius 2 is 1.63 bits per heavy atom. The van der Waals surface area contributed by atoms with Crippen molar-refractivity contribution in [2.75, 3.05) is 11.4 Å². The van der Waals surface area contributed by atoms with Gasteiger partial charge in [-0.1, -0.05) is 42.3 Å². The van der Waals surface area contributed by atoms with Crippen molar-refractivity contribution < 1.29 is 22.7 Å². The van der Waals surface area contributed by atoms with Crippen LogP contribution in [0.15, 0.2) is 83.8 Å². The van der Waals surface area contributed by atoms with Gasteiger partial charge in [-0.25, -0.2) is 8.42 Å². The molecular formula is C26H21ClN2O5S. The third kappa shape index (κ3) is 5.08. The third-order valence-electron chi connectivity index (χ3n) is 5.54. The summed E-state index contributed by atoms with van der Waals surface area (Å²) in [7, 11) is -4.17. The number of ether oxygens (including phenoxy) is 1. The highest BCUT2D eigenvalue weighted by Crippen LogP contribution is 2.33. The van der Waals surface area contributed by atoms with Gasteiger partial charge in [0.25, 0.3) is 5.91 Å². The molecule has 1 heterocycles. The molecule has 0 fully saturated rings. The number of para-hydroxylation sites is 1. The average molecular weight is 509 g/mol. The molecule has 35 heavy (non-hydrogen) atoms. The van der Waals surface area contributed by atoms with Gasteiger partial charge in [-0.2, -0.15) is 4.31 Å². The lowest BCUT2D eigenvalue weighted by atomic mass is 10.1. The third-order valence-corrected chi connectivity index (χ3v) is 7.66. The van der Waals surface area contributed by atoms with Crippen molar-refractivity contribution in [2.45, 2.75) is 24.4 Å². The maximum Gasteiger partial charge on any atom is 0.258 e. The van der Waals surface area contributed by atoms with Gasteiger partial charge in [-0.15, -0.1) is 0 Å². The zero-order chi connectivity index (χ0) is 25.0. The van der Waals surface area contributed by atoms with Crippen LogP contribution in [-0.4, -0.2) is 36.5 Å². The maximum absolute atomic E-state index is 13.7. The van der Waals surface area contributed by atoms with E-state index in [0.717, 1.165) is 4.31 Å². The van der Waals surface area contributed by atoms with Crippen LogP contribution in [0.1, 0.15) is 22.8 Å². The molecule has 1 aliphatic heterocycles. The van der Waals surface area contributed by atoms with Gasteiger partial charge < -0.3 is 9.64 Å². The highest BCUT2D eigenvalue weighted by atomic mass is 35.5. The van der Waals surface area contributed by atoms with Crippen molar-refractivity contribution in [3.8, 4) is 17.8 Å². The first-order valence-corrected chi connectivity index (χ1v) is 12.5. The molecule has 0 aromatic heterocycles. The summed E-state index contributed by atoms with van der Waals surface area (Å²) in [4.78, 5) is 27.3. The summed E-state index contributed by atoms with van der Waals surface area (Å²) in [6.45, 7) is 1.24. The van der Waals surface area contributed by atoms with Gasteiger partial charge in [0, 0.05) is 24.7 Å². The van der Waals surface area contributed by atoms with Crippen LogP contribution in [0.4, 0.5) is 5.69 Å². The molecular weight excluding hydrogens is 488 g/mol. The van der Waals surface area contributed by atoms with Crippen molar-refractivity contribution in [3.05, 3.63) is 90.0 Å². The molecule has 1 unspecified atom stereocenters. The topological polar surface area (TPSA) is 84.0 Å². The van der Waals surface area contributed by atoms with Crippen molar-refractivity contribution in [1.82, 2.24) is 4.31 Å². The molecule has 0 saturated carbocycles. The standard InChI is InChI=1S/C26H21ClN2O5S/c1-2-16-34-21-12-14-22(15-13-21)35(32,33)29-17-20-10-6-7-11-23(20)28(18-24(29)25(27)30)26(31)19-8-4-3-5-9-19/h3-15,24H,17-18H2,1H3. The van der Waals surface area contributed by atoms with Crippen LogP contribution in [0.5, 0.6) is 5.75 Å². The van der Waals surface area contributed by atoms with Crippen LogP contribution in [0.25, 0.3) is 0 Å². The van der Waals surface area contributed by atoms with E-state index in [-0.39, 0.29) is 23.9 Å². The highest BCUT2D eigenvalue weighted by Gasteiger charge is 2.41. The minimum Gasteiger partial charge on any atom is -0.408 e. The number of nitrogens with zero attached hydrogens (tertiary/aromatic N) is 2. The van der Waals surface area contributed by atoms with E-state index in [1.165, 1.54) is 29.2 Å². The van der Waals surface area contributed by atoms with Crippen LogP contribution < -0.4 is 9.64 Å². The lowest BCUT2D eigenvalue weighted by molar-refractivity contribution is -0.114. The Hall–Kier alpha value is -3.64. The van der Waals surface area contributed by atoms with E-state index >= 15 is 0 Å². The lowest BCUT2D eigenvalue weighted by Crippen LogP contribution is -2.49. The Balaban J connectivity index is 1.77. The molecule has 3 aromatic carbocycles. The van der Waals surface area contributed by atoms with Crippen molar-refractivity contribution >= 4 is 38.5 Å². The molecule has 0 saturated heterocycles. The fraction of sp³-hybridized carbons (Fsp3) is 0.154. The number of anilines is 1. The molecule has 0 aliphatic carbocycles. The maximum atomic E-state index is 13.7. The summed E-state index contributed by atoms with van der Waals surface area (Å²) in [5.74, 6) is 2.61. The van der Waals surface area contributed by atoms with Crippen LogP contribution >= 0.6 is 11.6 Å². The SMILES string of the molecule is CC#COc1ccc(S(=O)(=O)N2Cc3ccccc3N(C(=O)c3ccccc3)CC2C(=O)Cl)cc1. The molecule has 0 bridgehead atoms. The monoisotopic (exact) mass is 508 g/mol. The van der Waals surface area contributed by atoms with Gasteiger partial charge >= 0.3 is 0 Å². The second-order valence-electron chi connectivity index (χ2n) is 7.71. The first-order chi connectivity index (χ1) is 16.8. The zero-order valence-corrected chi connectivity index (χ0v) is 20.3. The highest BCUT2D eigenvalue weighted by molar-refractivity contribution is 7.89. The minimum atomic E-state index is -4.17. The fourth-order valence-electron chi connectivity index (χ4n) is 3.84. The zero-order valence-electron chi connectivity index (χ0n) is 18.7. The summed E-state index contributed by atoms with van der Waals surface area (Å²) >= 11 is 5.94. The van der Waals surface area contributed by atoms with Gasteiger partial charge in [0.15, 0.2) is 0 Å². The van der Waals surface area contributed by atoms with Crippen LogP contribution in [0, 0.1) is 12.0 Å². The minimum absolute atomic E-state index is 0.0439. The molecule has 178 valence electrons. The fourth-order valence-corrected chi connectivity index (χ4v) is 5.64. The Kier molecular flexibility index (Phi) is 7.22. The molecule has 0 spiro atoms. The number of hydrogen-bond donors (Lipinski definition) is 0. The molecule has 0 N–H and O–H groups in total. The number of amides is 1. The summed E-state index contributed by atoms with van der Waals surface area (Å²) in [5, 5.41) is -0.884. The van der Waals surface area contributed by atoms with E-state index in [1.54, 1.807) is 61.5 Å². The predicted octanol–water partition coefficient (Wildman–Crippen LogP) is 4.03. The molecule has 1 aliphatic rings. The first-order valence-electron chi connectivity index (χ1n) is 10.7. The quantitative estimate of drug-likeness (QED) is 0.384. The second-order valence-corrected chi connectivity index (χ2v) is 9.97. The van der Waals surface area contributed by atoms with E-state index < -0.39 is 21.3 Å². The normalized spacial score (nSPS) is 15.8. The average Bonchev–Trinajstić information content (AvgIpc) is 3.06. The summed E-state index contributed by atoms with van der Waals surface area (Å²) in [5.41, 5.74) is 1.49. The number of benzene rings is 3. The second kappa shape index (κ2) is 10.3. The van der Waals surface area contributed by atoms with E-state index in [0.29, 0.717) is 22.6 Å². The predicted molar refractivity (Wildman–Crippen MR) is 132 cm³/mol. The van der Waals surface area contributed by atoms with E-state index in [2.05, 4.69) is 12.0 Å². The van der Waals surface area contributed by atoms with Gasteiger partial charge in [-0.3, -0.25) is 9.59 Å². The Labute approximate surface area is 208 Å². The summed E-state index contributed by atoms with van der Waals surface area (Å²) < 4.78 is 33.6. The van der Waals surface area contributed by atoms with Gasteiger partial charge in [0.2, 0.25) is 15.3 Å². The van der Waals surface area contributed by atoms with Crippen molar-refractivity contribution in [2.24, 2.45) is 0 Å². The number of carbonyl (C=O) groups excluding carboxylic acids is 2. The van der Waals surface area contributed by atoms with Crippen LogP contribution in [0.3, 0.4) is 0 Å². The smallest absolute Gasteiger partial charge is 0.258 e. The summed E-state index contributed by atoms with van der Waals surface area (Å²) in [6.07, 6.45) is 2.45. The van der Waals surface area contributed by atoms with Crippen LogP contribution in [-0.2, 0) is 21.4 Å². The Morgan fingerprint density at radius 1 is 0.971 bits per heavy atom. The van der Waals surface area contributed by atoms with Crippen LogP contribution in [0.2, 0.25) is 0 Å². The number of hydrogen-bond acceptors (Lipinski definition) is 5. The molecule has 1 amide bonds. The molecule has 9 heteroatoms. The molecule has 7 nitrogen and oxygen atoms in total.